The Morgan fingerprint density at radius 2 is 1.84 bits per heavy atom. The zero-order valence-corrected chi connectivity index (χ0v) is 16.0. The number of hydrogen-bond acceptors (Lipinski definition) is 3. The van der Waals surface area contributed by atoms with Crippen molar-refractivity contribution in [2.24, 2.45) is 0 Å². The number of benzene rings is 2. The predicted octanol–water partition coefficient (Wildman–Crippen LogP) is 3.16. The van der Waals surface area contributed by atoms with E-state index < -0.39 is 0 Å². The molecule has 0 aliphatic rings. The van der Waals surface area contributed by atoms with Gasteiger partial charge in [0.05, 0.1) is 6.54 Å². The minimum Gasteiger partial charge on any atom is -0.351 e. The van der Waals surface area contributed by atoms with Crippen LogP contribution in [0.2, 0.25) is 0 Å². The first-order chi connectivity index (χ1) is 11.9. The van der Waals surface area contributed by atoms with Crippen LogP contribution < -0.4 is 10.6 Å². The van der Waals surface area contributed by atoms with Gasteiger partial charge < -0.3 is 10.6 Å². The van der Waals surface area contributed by atoms with E-state index >= 15 is 0 Å². The summed E-state index contributed by atoms with van der Waals surface area (Å²) in [5, 5.41) is 5.74. The Morgan fingerprint density at radius 3 is 2.52 bits per heavy atom. The maximum Gasteiger partial charge on any atom is 0.234 e. The second kappa shape index (κ2) is 9.34. The first-order valence-electron chi connectivity index (χ1n) is 7.99. The normalized spacial score (nSPS) is 10.6. The number of carbonyl (C=O) groups is 2. The van der Waals surface area contributed by atoms with E-state index in [9.17, 15) is 9.59 Å². The lowest BCUT2D eigenvalue weighted by atomic mass is 10.1. The molecule has 0 saturated heterocycles. The predicted molar refractivity (Wildman–Crippen MR) is 103 cm³/mol. The molecule has 0 aliphatic heterocycles. The van der Waals surface area contributed by atoms with E-state index in [-0.39, 0.29) is 18.4 Å². The van der Waals surface area contributed by atoms with Crippen LogP contribution in [0, 0.1) is 0 Å². The third-order valence-corrected chi connectivity index (χ3v) is 4.06. The summed E-state index contributed by atoms with van der Waals surface area (Å²) in [4.78, 5) is 25.4. The monoisotopic (exact) mass is 403 g/mol. The van der Waals surface area contributed by atoms with Crippen LogP contribution >= 0.6 is 15.9 Å². The van der Waals surface area contributed by atoms with Crippen LogP contribution in [0.1, 0.15) is 18.1 Å². The number of nitrogens with one attached hydrogen (secondary N) is 2. The number of anilines is 1. The molecule has 25 heavy (non-hydrogen) atoms. The molecular weight excluding hydrogens is 382 g/mol. The maximum absolute atomic E-state index is 12.1. The lowest BCUT2D eigenvalue weighted by molar-refractivity contribution is -0.122. The quantitative estimate of drug-likeness (QED) is 0.746. The van der Waals surface area contributed by atoms with E-state index in [1.807, 2.05) is 60.5 Å². The maximum atomic E-state index is 12.1. The SMILES string of the molecule is CC(=O)Nc1cc(Br)ccc1CN(C)CC(=O)NCc1ccccc1. The number of hydrogen-bond donors (Lipinski definition) is 2. The lowest BCUT2D eigenvalue weighted by Gasteiger charge is -2.19. The van der Waals surface area contributed by atoms with Gasteiger partial charge in [-0.05, 0) is 30.3 Å². The van der Waals surface area contributed by atoms with Crippen LogP contribution in [0.15, 0.2) is 53.0 Å². The highest BCUT2D eigenvalue weighted by molar-refractivity contribution is 9.10. The third-order valence-electron chi connectivity index (χ3n) is 3.57. The van der Waals surface area contributed by atoms with Gasteiger partial charge in [-0.15, -0.1) is 0 Å². The molecule has 0 saturated carbocycles. The van der Waals surface area contributed by atoms with Gasteiger partial charge in [0.25, 0.3) is 0 Å². The first-order valence-corrected chi connectivity index (χ1v) is 8.78. The Labute approximate surface area is 156 Å². The molecule has 2 amide bonds. The Kier molecular flexibility index (Phi) is 7.16. The molecule has 0 aromatic heterocycles. The van der Waals surface area contributed by atoms with E-state index in [1.54, 1.807) is 0 Å². The lowest BCUT2D eigenvalue weighted by Crippen LogP contribution is -2.34. The summed E-state index contributed by atoms with van der Waals surface area (Å²) in [5.74, 6) is -0.160. The summed E-state index contributed by atoms with van der Waals surface area (Å²) < 4.78 is 0.892. The highest BCUT2D eigenvalue weighted by atomic mass is 79.9. The minimum atomic E-state index is -0.123. The number of rotatable bonds is 7. The van der Waals surface area contributed by atoms with Crippen molar-refractivity contribution in [2.75, 3.05) is 18.9 Å². The topological polar surface area (TPSA) is 61.4 Å². The van der Waals surface area contributed by atoms with Crippen molar-refractivity contribution in [3.63, 3.8) is 0 Å². The van der Waals surface area contributed by atoms with Crippen LogP contribution in [-0.4, -0.2) is 30.3 Å². The molecule has 0 unspecified atom stereocenters. The van der Waals surface area contributed by atoms with Gasteiger partial charge in [-0.2, -0.15) is 0 Å². The molecule has 5 nitrogen and oxygen atoms in total. The molecule has 0 fully saturated rings. The van der Waals surface area contributed by atoms with Gasteiger partial charge in [0.15, 0.2) is 0 Å². The third kappa shape index (κ3) is 6.68. The number of carbonyl (C=O) groups excluding carboxylic acids is 2. The van der Waals surface area contributed by atoms with Crippen molar-refractivity contribution in [1.29, 1.82) is 0 Å². The van der Waals surface area contributed by atoms with Crippen molar-refractivity contribution < 1.29 is 9.59 Å². The molecular formula is C19H22BrN3O2. The van der Waals surface area contributed by atoms with Gasteiger partial charge in [0.1, 0.15) is 0 Å². The standard InChI is InChI=1S/C19H22BrN3O2/c1-14(24)22-18-10-17(20)9-8-16(18)12-23(2)13-19(25)21-11-15-6-4-3-5-7-15/h3-10H,11-13H2,1-2H3,(H,21,25)(H,22,24). The number of amides is 2. The highest BCUT2D eigenvalue weighted by Crippen LogP contribution is 2.22. The van der Waals surface area contributed by atoms with Crippen molar-refractivity contribution in [2.45, 2.75) is 20.0 Å². The molecule has 0 radical (unpaired) electrons. The van der Waals surface area contributed by atoms with Gasteiger partial charge in [0, 0.05) is 30.2 Å². The molecule has 0 aliphatic carbocycles. The van der Waals surface area contributed by atoms with E-state index in [2.05, 4.69) is 26.6 Å². The zero-order valence-electron chi connectivity index (χ0n) is 14.4. The molecule has 132 valence electrons. The van der Waals surface area contributed by atoms with Gasteiger partial charge in [-0.25, -0.2) is 0 Å². The molecule has 0 heterocycles. The Morgan fingerprint density at radius 1 is 1.12 bits per heavy atom. The first kappa shape index (κ1) is 19.1. The molecule has 6 heteroatoms. The van der Waals surface area contributed by atoms with Crippen LogP contribution in [0.4, 0.5) is 5.69 Å². The molecule has 2 rings (SSSR count). The molecule has 0 atom stereocenters. The summed E-state index contributed by atoms with van der Waals surface area (Å²) in [6.07, 6.45) is 0. The summed E-state index contributed by atoms with van der Waals surface area (Å²) in [6, 6.07) is 15.5. The van der Waals surface area contributed by atoms with E-state index in [0.29, 0.717) is 13.1 Å². The Hall–Kier alpha value is -2.18. The van der Waals surface area contributed by atoms with Gasteiger partial charge in [-0.1, -0.05) is 52.3 Å². The molecule has 2 aromatic rings. The van der Waals surface area contributed by atoms with E-state index in [4.69, 9.17) is 0 Å². The van der Waals surface area contributed by atoms with Crippen LogP contribution in [0.3, 0.4) is 0 Å². The summed E-state index contributed by atoms with van der Waals surface area (Å²) in [6.45, 7) is 2.83. The fraction of sp³-hybridized carbons (Fsp3) is 0.263. The fourth-order valence-corrected chi connectivity index (χ4v) is 2.80. The number of likely N-dealkylation sites (N-methyl/N-ethyl adjacent to an activating group) is 1. The summed E-state index contributed by atoms with van der Waals surface area (Å²) in [7, 11) is 1.88. The van der Waals surface area contributed by atoms with Gasteiger partial charge >= 0.3 is 0 Å². The zero-order chi connectivity index (χ0) is 18.2. The molecule has 2 aromatic carbocycles. The molecule has 2 N–H and O–H groups in total. The second-order valence-electron chi connectivity index (χ2n) is 5.92. The minimum absolute atomic E-state index is 0.0375. The molecule has 0 bridgehead atoms. The van der Waals surface area contributed by atoms with Crippen molar-refractivity contribution >= 4 is 33.4 Å². The molecule has 0 spiro atoms. The number of halogens is 1. The Bertz CT molecular complexity index is 735. The highest BCUT2D eigenvalue weighted by Gasteiger charge is 2.11. The number of nitrogens with zero attached hydrogens (tertiary/aromatic N) is 1. The smallest absolute Gasteiger partial charge is 0.234 e. The van der Waals surface area contributed by atoms with Crippen LogP contribution in [-0.2, 0) is 22.7 Å². The summed E-state index contributed by atoms with van der Waals surface area (Å²) in [5.41, 5.74) is 2.77. The van der Waals surface area contributed by atoms with Crippen molar-refractivity contribution in [1.82, 2.24) is 10.2 Å². The van der Waals surface area contributed by atoms with Crippen molar-refractivity contribution in [3.05, 3.63) is 64.1 Å². The second-order valence-corrected chi connectivity index (χ2v) is 6.83. The van der Waals surface area contributed by atoms with E-state index in [1.165, 1.54) is 6.92 Å². The Balaban J connectivity index is 1.90. The van der Waals surface area contributed by atoms with E-state index in [0.717, 1.165) is 21.3 Å². The van der Waals surface area contributed by atoms with Gasteiger partial charge in [-0.3, -0.25) is 14.5 Å². The summed E-state index contributed by atoms with van der Waals surface area (Å²) >= 11 is 3.41. The van der Waals surface area contributed by atoms with Crippen molar-refractivity contribution in [3.8, 4) is 0 Å². The average molecular weight is 404 g/mol. The largest absolute Gasteiger partial charge is 0.351 e. The van der Waals surface area contributed by atoms with Gasteiger partial charge in [0.2, 0.25) is 11.8 Å². The van der Waals surface area contributed by atoms with Crippen LogP contribution in [0.25, 0.3) is 0 Å². The van der Waals surface area contributed by atoms with Crippen LogP contribution in [0.5, 0.6) is 0 Å². The average Bonchev–Trinajstić information content (AvgIpc) is 2.56. The fourth-order valence-electron chi connectivity index (χ4n) is 2.44.